The Morgan fingerprint density at radius 3 is 2.41 bits per heavy atom. The van der Waals surface area contributed by atoms with Crippen molar-refractivity contribution in [1.29, 1.82) is 0 Å². The first kappa shape index (κ1) is 11.9. The molecule has 0 N–H and O–H groups in total. The summed E-state index contributed by atoms with van der Waals surface area (Å²) in [5, 5.41) is 1.65. The minimum absolute atomic E-state index is 0.0182. The van der Waals surface area contributed by atoms with Crippen LogP contribution in [-0.4, -0.2) is 11.9 Å². The van der Waals surface area contributed by atoms with Gasteiger partial charge < -0.3 is 0 Å². The van der Waals surface area contributed by atoms with Gasteiger partial charge in [-0.25, -0.2) is 5.06 Å². The molecule has 90 valence electrons. The molecule has 0 saturated carbocycles. The third kappa shape index (κ3) is 2.56. The van der Waals surface area contributed by atoms with Crippen LogP contribution in [0.15, 0.2) is 42.6 Å². The van der Waals surface area contributed by atoms with Gasteiger partial charge in [-0.05, 0) is 17.5 Å². The molecule has 1 atom stereocenters. The molecule has 1 aromatic rings. The first-order valence-corrected chi connectivity index (χ1v) is 5.71. The average Bonchev–Trinajstić information content (AvgIpc) is 2.29. The number of carbonyl (C=O) groups excluding carboxylic acids is 1. The van der Waals surface area contributed by atoms with Crippen LogP contribution in [-0.2, 0) is 9.63 Å². The molecule has 1 unspecified atom stereocenters. The van der Waals surface area contributed by atoms with Crippen LogP contribution < -0.4 is 5.06 Å². The zero-order valence-electron chi connectivity index (χ0n) is 10.4. The lowest BCUT2D eigenvalue weighted by Gasteiger charge is -2.35. The van der Waals surface area contributed by atoms with Crippen LogP contribution in [0.1, 0.15) is 20.8 Å². The Bertz CT molecular complexity index is 431. The minimum Gasteiger partial charge on any atom is -0.292 e. The standard InChI is InChI=1S/C14H17NO2/c1-14(2,3)13-12(16)9-10-15(17-13)11-7-5-4-6-8-11/h4-10,13H,1-3H3. The second kappa shape index (κ2) is 4.34. The molecule has 1 aromatic carbocycles. The summed E-state index contributed by atoms with van der Waals surface area (Å²) in [6.07, 6.45) is 2.81. The molecule has 0 aromatic heterocycles. The van der Waals surface area contributed by atoms with Gasteiger partial charge in [0.15, 0.2) is 11.9 Å². The molecular weight excluding hydrogens is 214 g/mol. The predicted molar refractivity (Wildman–Crippen MR) is 67.4 cm³/mol. The number of para-hydroxylation sites is 1. The fourth-order valence-corrected chi connectivity index (χ4v) is 1.74. The van der Waals surface area contributed by atoms with Crippen LogP contribution in [0, 0.1) is 5.41 Å². The number of hydrogen-bond acceptors (Lipinski definition) is 3. The van der Waals surface area contributed by atoms with Crippen molar-refractivity contribution in [3.63, 3.8) is 0 Å². The second-order valence-electron chi connectivity index (χ2n) is 5.23. The number of carbonyl (C=O) groups is 1. The summed E-state index contributed by atoms with van der Waals surface area (Å²) in [7, 11) is 0. The number of anilines is 1. The number of ketones is 1. The third-order valence-corrected chi connectivity index (χ3v) is 2.65. The van der Waals surface area contributed by atoms with Crippen LogP contribution in [0.5, 0.6) is 0 Å². The van der Waals surface area contributed by atoms with E-state index in [2.05, 4.69) is 0 Å². The molecule has 1 aliphatic rings. The second-order valence-corrected chi connectivity index (χ2v) is 5.23. The lowest BCUT2D eigenvalue weighted by atomic mass is 9.86. The van der Waals surface area contributed by atoms with E-state index in [0.717, 1.165) is 5.69 Å². The lowest BCUT2D eigenvalue weighted by Crippen LogP contribution is -2.43. The first-order chi connectivity index (χ1) is 7.98. The van der Waals surface area contributed by atoms with E-state index in [4.69, 9.17) is 4.84 Å². The molecule has 17 heavy (non-hydrogen) atoms. The van der Waals surface area contributed by atoms with E-state index in [1.54, 1.807) is 17.3 Å². The zero-order valence-corrected chi connectivity index (χ0v) is 10.4. The topological polar surface area (TPSA) is 29.5 Å². The smallest absolute Gasteiger partial charge is 0.189 e. The van der Waals surface area contributed by atoms with Crippen LogP contribution >= 0.6 is 0 Å². The van der Waals surface area contributed by atoms with E-state index in [9.17, 15) is 4.79 Å². The van der Waals surface area contributed by atoms with Gasteiger partial charge in [0.2, 0.25) is 0 Å². The summed E-state index contributed by atoms with van der Waals surface area (Å²) < 4.78 is 0. The van der Waals surface area contributed by atoms with Crippen molar-refractivity contribution >= 4 is 11.5 Å². The van der Waals surface area contributed by atoms with Gasteiger partial charge in [0.05, 0.1) is 5.69 Å². The van der Waals surface area contributed by atoms with Gasteiger partial charge >= 0.3 is 0 Å². The highest BCUT2D eigenvalue weighted by atomic mass is 16.7. The van der Waals surface area contributed by atoms with Gasteiger partial charge in [0.25, 0.3) is 0 Å². The minimum atomic E-state index is -0.437. The van der Waals surface area contributed by atoms with E-state index < -0.39 is 6.10 Å². The number of rotatable bonds is 1. The van der Waals surface area contributed by atoms with Crippen molar-refractivity contribution in [2.24, 2.45) is 5.41 Å². The lowest BCUT2D eigenvalue weighted by molar-refractivity contribution is -0.134. The Hall–Kier alpha value is -1.61. The zero-order chi connectivity index (χ0) is 12.5. The largest absolute Gasteiger partial charge is 0.292 e. The van der Waals surface area contributed by atoms with Crippen molar-refractivity contribution < 1.29 is 9.63 Å². The maximum Gasteiger partial charge on any atom is 0.189 e. The predicted octanol–water partition coefficient (Wildman–Crippen LogP) is 2.94. The molecule has 0 saturated heterocycles. The molecule has 0 aliphatic carbocycles. The Balaban J connectivity index is 2.24. The Kier molecular flexibility index (Phi) is 3.03. The fourth-order valence-electron chi connectivity index (χ4n) is 1.74. The molecule has 3 heteroatoms. The molecule has 2 rings (SSSR count). The van der Waals surface area contributed by atoms with E-state index in [1.165, 1.54) is 0 Å². The summed E-state index contributed by atoms with van der Waals surface area (Å²) in [6.45, 7) is 5.99. The number of benzene rings is 1. The number of hydroxylamine groups is 1. The number of hydrogen-bond donors (Lipinski definition) is 0. The molecule has 3 nitrogen and oxygen atoms in total. The van der Waals surface area contributed by atoms with Crippen molar-refractivity contribution in [3.8, 4) is 0 Å². The molecule has 1 heterocycles. The highest BCUT2D eigenvalue weighted by Gasteiger charge is 2.35. The normalized spacial score (nSPS) is 20.8. The van der Waals surface area contributed by atoms with Crippen LogP contribution in [0.2, 0.25) is 0 Å². The van der Waals surface area contributed by atoms with E-state index in [0.29, 0.717) is 0 Å². The van der Waals surface area contributed by atoms with Crippen LogP contribution in [0.4, 0.5) is 5.69 Å². The average molecular weight is 231 g/mol. The van der Waals surface area contributed by atoms with E-state index in [-0.39, 0.29) is 11.2 Å². The maximum absolute atomic E-state index is 11.8. The van der Waals surface area contributed by atoms with Gasteiger partial charge in [0, 0.05) is 12.3 Å². The Morgan fingerprint density at radius 2 is 1.82 bits per heavy atom. The van der Waals surface area contributed by atoms with Crippen molar-refractivity contribution in [1.82, 2.24) is 0 Å². The Labute approximate surface area is 102 Å². The molecule has 0 fully saturated rings. The molecule has 0 spiro atoms. The summed E-state index contributed by atoms with van der Waals surface area (Å²) in [4.78, 5) is 17.5. The molecule has 0 bridgehead atoms. The van der Waals surface area contributed by atoms with Crippen molar-refractivity contribution in [2.75, 3.05) is 5.06 Å². The molecule has 0 radical (unpaired) electrons. The number of nitrogens with zero attached hydrogens (tertiary/aromatic N) is 1. The van der Waals surface area contributed by atoms with Crippen molar-refractivity contribution in [3.05, 3.63) is 42.6 Å². The van der Waals surface area contributed by atoms with Crippen LogP contribution in [0.25, 0.3) is 0 Å². The molecule has 1 aliphatic heterocycles. The van der Waals surface area contributed by atoms with E-state index in [1.807, 2.05) is 51.1 Å². The first-order valence-electron chi connectivity index (χ1n) is 5.71. The van der Waals surface area contributed by atoms with Crippen LogP contribution in [0.3, 0.4) is 0 Å². The molecule has 0 amide bonds. The van der Waals surface area contributed by atoms with Gasteiger partial charge in [-0.1, -0.05) is 39.0 Å². The van der Waals surface area contributed by atoms with Crippen molar-refractivity contribution in [2.45, 2.75) is 26.9 Å². The highest BCUT2D eigenvalue weighted by Crippen LogP contribution is 2.29. The third-order valence-electron chi connectivity index (χ3n) is 2.65. The Morgan fingerprint density at radius 1 is 1.18 bits per heavy atom. The summed E-state index contributed by atoms with van der Waals surface area (Å²) >= 11 is 0. The van der Waals surface area contributed by atoms with E-state index >= 15 is 0 Å². The van der Waals surface area contributed by atoms with Gasteiger partial charge in [-0.15, -0.1) is 0 Å². The summed E-state index contributed by atoms with van der Waals surface area (Å²) in [6, 6.07) is 9.72. The quantitative estimate of drug-likeness (QED) is 0.744. The van der Waals surface area contributed by atoms with Gasteiger partial charge in [-0.2, -0.15) is 0 Å². The monoisotopic (exact) mass is 231 g/mol. The fraction of sp³-hybridized carbons (Fsp3) is 0.357. The van der Waals surface area contributed by atoms with Gasteiger partial charge in [-0.3, -0.25) is 9.63 Å². The maximum atomic E-state index is 11.8. The highest BCUT2D eigenvalue weighted by molar-refractivity contribution is 5.95. The van der Waals surface area contributed by atoms with Gasteiger partial charge in [0.1, 0.15) is 0 Å². The summed E-state index contributed by atoms with van der Waals surface area (Å²) in [5.41, 5.74) is 0.708. The SMILES string of the molecule is CC(C)(C)C1ON(c2ccccc2)C=CC1=O. The summed E-state index contributed by atoms with van der Waals surface area (Å²) in [5.74, 6) is 0.0182. The molecular formula is C14H17NO2.